The number of hydrogen-bond donors (Lipinski definition) is 3. The van der Waals surface area contributed by atoms with Crippen molar-refractivity contribution in [3.05, 3.63) is 16.5 Å². The van der Waals surface area contributed by atoms with Gasteiger partial charge in [0.1, 0.15) is 0 Å². The van der Waals surface area contributed by atoms with E-state index < -0.39 is 0 Å². The Morgan fingerprint density at radius 2 is 2.13 bits per heavy atom. The van der Waals surface area contributed by atoms with Gasteiger partial charge in [-0.15, -0.1) is 11.3 Å². The summed E-state index contributed by atoms with van der Waals surface area (Å²) in [6, 6.07) is 1.87. The summed E-state index contributed by atoms with van der Waals surface area (Å²) in [7, 11) is 0. The van der Waals surface area contributed by atoms with E-state index in [1.54, 1.807) is 0 Å². The Kier molecular flexibility index (Phi) is 4.47. The van der Waals surface area contributed by atoms with Gasteiger partial charge in [0.05, 0.1) is 16.5 Å². The Morgan fingerprint density at radius 1 is 1.39 bits per heavy atom. The van der Waals surface area contributed by atoms with Crippen molar-refractivity contribution in [1.82, 2.24) is 5.32 Å². The summed E-state index contributed by atoms with van der Waals surface area (Å²) in [5.41, 5.74) is 0.645. The quantitative estimate of drug-likeness (QED) is 0.773. The van der Waals surface area contributed by atoms with E-state index in [0.29, 0.717) is 4.88 Å². The van der Waals surface area contributed by atoms with Crippen molar-refractivity contribution in [2.24, 2.45) is 11.3 Å². The van der Waals surface area contributed by atoms with Crippen molar-refractivity contribution >= 4 is 28.2 Å². The number of hydrogen-bond acceptors (Lipinski definition) is 4. The standard InChI is InChI=1S/C17H24N2O3S/c1-10-8-13(19-15(21)11-5-6-11)23-14(10)16(22)18-12-4-3-7-17(12,2)9-20/h8,11-12,20H,3-7,9H2,1-2H3,(H,18,22)(H,19,21). The SMILES string of the molecule is Cc1cc(NC(=O)C2CC2)sc1C(=O)NC1CCCC1(C)CO. The highest BCUT2D eigenvalue weighted by molar-refractivity contribution is 7.18. The summed E-state index contributed by atoms with van der Waals surface area (Å²) >= 11 is 1.33. The van der Waals surface area contributed by atoms with Crippen LogP contribution >= 0.6 is 11.3 Å². The molecule has 2 atom stereocenters. The molecule has 1 aromatic rings. The molecule has 0 bridgehead atoms. The fourth-order valence-corrected chi connectivity index (χ4v) is 4.21. The van der Waals surface area contributed by atoms with Gasteiger partial charge >= 0.3 is 0 Å². The van der Waals surface area contributed by atoms with Crippen molar-refractivity contribution in [2.75, 3.05) is 11.9 Å². The number of aliphatic hydroxyl groups is 1. The Labute approximate surface area is 140 Å². The van der Waals surface area contributed by atoms with Crippen LogP contribution in [-0.2, 0) is 4.79 Å². The highest BCUT2D eigenvalue weighted by Gasteiger charge is 2.39. The summed E-state index contributed by atoms with van der Waals surface area (Å²) < 4.78 is 0. The topological polar surface area (TPSA) is 78.4 Å². The summed E-state index contributed by atoms with van der Waals surface area (Å²) in [5, 5.41) is 16.3. The summed E-state index contributed by atoms with van der Waals surface area (Å²) in [6.45, 7) is 4.00. The fraction of sp³-hybridized carbons (Fsp3) is 0.647. The molecule has 0 saturated heterocycles. The molecule has 0 spiro atoms. The third kappa shape index (κ3) is 3.43. The van der Waals surface area contributed by atoms with Gasteiger partial charge in [0, 0.05) is 17.4 Å². The Hall–Kier alpha value is -1.40. The van der Waals surface area contributed by atoms with Crippen LogP contribution in [0.2, 0.25) is 0 Å². The molecule has 0 aromatic carbocycles. The number of thiophene rings is 1. The maximum atomic E-state index is 12.6. The molecule has 3 N–H and O–H groups in total. The zero-order valence-electron chi connectivity index (χ0n) is 13.6. The van der Waals surface area contributed by atoms with Crippen LogP contribution in [0.25, 0.3) is 0 Å². The van der Waals surface area contributed by atoms with Crippen LogP contribution in [0.1, 0.15) is 54.3 Å². The molecule has 2 aliphatic rings. The van der Waals surface area contributed by atoms with E-state index >= 15 is 0 Å². The Bertz CT molecular complexity index is 623. The summed E-state index contributed by atoms with van der Waals surface area (Å²) in [6.07, 6.45) is 4.78. The van der Waals surface area contributed by atoms with Crippen LogP contribution in [0.15, 0.2) is 6.07 Å². The highest BCUT2D eigenvalue weighted by atomic mass is 32.1. The smallest absolute Gasteiger partial charge is 0.261 e. The second-order valence-electron chi connectivity index (χ2n) is 7.12. The molecular formula is C17H24N2O3S. The summed E-state index contributed by atoms with van der Waals surface area (Å²) in [5.74, 6) is 0.103. The van der Waals surface area contributed by atoms with E-state index in [-0.39, 0.29) is 35.8 Å². The average Bonchev–Trinajstić information content (AvgIpc) is 3.22. The minimum atomic E-state index is -0.232. The van der Waals surface area contributed by atoms with Crippen molar-refractivity contribution in [3.8, 4) is 0 Å². The number of carbonyl (C=O) groups excluding carboxylic acids is 2. The van der Waals surface area contributed by atoms with Crippen LogP contribution in [0.4, 0.5) is 5.00 Å². The minimum absolute atomic E-state index is 0.00556. The molecule has 1 aromatic heterocycles. The molecule has 2 saturated carbocycles. The van der Waals surface area contributed by atoms with Crippen LogP contribution in [0, 0.1) is 18.3 Å². The van der Waals surface area contributed by atoms with E-state index in [1.165, 1.54) is 11.3 Å². The molecule has 2 fully saturated rings. The predicted octanol–water partition coefficient (Wildman–Crippen LogP) is 2.69. The summed E-state index contributed by atoms with van der Waals surface area (Å²) in [4.78, 5) is 25.1. The van der Waals surface area contributed by atoms with Crippen molar-refractivity contribution in [3.63, 3.8) is 0 Å². The number of carbonyl (C=O) groups is 2. The molecule has 6 heteroatoms. The molecule has 23 heavy (non-hydrogen) atoms. The number of anilines is 1. The molecule has 1 heterocycles. The number of aliphatic hydroxyl groups excluding tert-OH is 1. The lowest BCUT2D eigenvalue weighted by atomic mass is 9.86. The first-order valence-corrected chi connectivity index (χ1v) is 9.07. The Morgan fingerprint density at radius 3 is 2.78 bits per heavy atom. The fourth-order valence-electron chi connectivity index (χ4n) is 3.23. The van der Waals surface area contributed by atoms with Gasteiger partial charge in [-0.1, -0.05) is 13.3 Å². The zero-order valence-corrected chi connectivity index (χ0v) is 14.5. The van der Waals surface area contributed by atoms with Crippen LogP contribution in [0.3, 0.4) is 0 Å². The van der Waals surface area contributed by atoms with E-state index in [1.807, 2.05) is 19.9 Å². The molecule has 2 unspecified atom stereocenters. The lowest BCUT2D eigenvalue weighted by Gasteiger charge is -2.30. The molecular weight excluding hydrogens is 312 g/mol. The molecule has 126 valence electrons. The van der Waals surface area contributed by atoms with E-state index in [0.717, 1.165) is 42.7 Å². The maximum absolute atomic E-state index is 12.6. The average molecular weight is 336 g/mol. The highest BCUT2D eigenvalue weighted by Crippen LogP contribution is 2.38. The number of aryl methyl sites for hydroxylation is 1. The molecule has 0 aliphatic heterocycles. The molecule has 3 rings (SSSR count). The monoisotopic (exact) mass is 336 g/mol. The van der Waals surface area contributed by atoms with Gasteiger partial charge in [0.2, 0.25) is 5.91 Å². The molecule has 0 radical (unpaired) electrons. The third-order valence-corrected chi connectivity index (χ3v) is 6.22. The number of nitrogens with one attached hydrogen (secondary N) is 2. The van der Waals surface area contributed by atoms with Crippen molar-refractivity contribution in [2.45, 2.75) is 52.0 Å². The first kappa shape index (κ1) is 16.5. The van der Waals surface area contributed by atoms with Crippen LogP contribution in [0.5, 0.6) is 0 Å². The van der Waals surface area contributed by atoms with E-state index in [2.05, 4.69) is 10.6 Å². The lowest BCUT2D eigenvalue weighted by molar-refractivity contribution is -0.117. The molecule has 5 nitrogen and oxygen atoms in total. The molecule has 2 amide bonds. The van der Waals surface area contributed by atoms with Crippen molar-refractivity contribution in [1.29, 1.82) is 0 Å². The first-order valence-electron chi connectivity index (χ1n) is 8.26. The maximum Gasteiger partial charge on any atom is 0.261 e. The number of amides is 2. The second kappa shape index (κ2) is 6.24. The third-order valence-electron chi connectivity index (χ3n) is 5.07. The van der Waals surface area contributed by atoms with Crippen LogP contribution in [-0.4, -0.2) is 29.6 Å². The second-order valence-corrected chi connectivity index (χ2v) is 8.17. The van der Waals surface area contributed by atoms with Gasteiger partial charge in [-0.05, 0) is 44.2 Å². The normalized spacial score (nSPS) is 27.0. The van der Waals surface area contributed by atoms with Gasteiger partial charge in [0.25, 0.3) is 5.91 Å². The first-order chi connectivity index (χ1) is 10.9. The van der Waals surface area contributed by atoms with Crippen LogP contribution < -0.4 is 10.6 Å². The largest absolute Gasteiger partial charge is 0.396 e. The van der Waals surface area contributed by atoms with E-state index in [9.17, 15) is 14.7 Å². The van der Waals surface area contributed by atoms with Gasteiger partial charge < -0.3 is 15.7 Å². The van der Waals surface area contributed by atoms with Gasteiger partial charge in [-0.25, -0.2) is 0 Å². The van der Waals surface area contributed by atoms with Gasteiger partial charge in [-0.2, -0.15) is 0 Å². The van der Waals surface area contributed by atoms with E-state index in [4.69, 9.17) is 0 Å². The van der Waals surface area contributed by atoms with Crippen molar-refractivity contribution < 1.29 is 14.7 Å². The predicted molar refractivity (Wildman–Crippen MR) is 90.7 cm³/mol. The molecule has 2 aliphatic carbocycles. The Balaban J connectivity index is 1.67. The minimum Gasteiger partial charge on any atom is -0.396 e. The van der Waals surface area contributed by atoms with Gasteiger partial charge in [0.15, 0.2) is 0 Å². The lowest BCUT2D eigenvalue weighted by Crippen LogP contribution is -2.44. The zero-order chi connectivity index (χ0) is 16.6. The van der Waals surface area contributed by atoms with Gasteiger partial charge in [-0.3, -0.25) is 9.59 Å². The number of rotatable bonds is 5.